The lowest BCUT2D eigenvalue weighted by molar-refractivity contribution is 0.532. The number of unbranched alkanes of at least 4 members (excludes halogenated alkanes) is 14. The van der Waals surface area contributed by atoms with Gasteiger partial charge in [0.1, 0.15) is 0 Å². The van der Waals surface area contributed by atoms with E-state index < -0.39 is 0 Å². The standard InChI is InChI=1S/C20H42N/c1-3-5-7-9-11-12-13-14-16-18-20-21-19-17-15-10-8-6-4-2/h21H,1,3-20H2,2H3. The zero-order valence-electron chi connectivity index (χ0n) is 14.9. The van der Waals surface area contributed by atoms with Crippen LogP contribution in [0.3, 0.4) is 0 Å². The minimum atomic E-state index is 1.12. The van der Waals surface area contributed by atoms with Crippen molar-refractivity contribution >= 4 is 0 Å². The molecule has 0 aliphatic rings. The fourth-order valence-electron chi connectivity index (χ4n) is 2.82. The Kier molecular flexibility index (Phi) is 19.9. The molecule has 1 N–H and O–H groups in total. The number of hydrogen-bond donors (Lipinski definition) is 1. The van der Waals surface area contributed by atoms with Crippen molar-refractivity contribution in [2.24, 2.45) is 0 Å². The molecule has 0 aromatic rings. The molecule has 0 saturated carbocycles. The first-order valence-electron chi connectivity index (χ1n) is 9.91. The van der Waals surface area contributed by atoms with Crippen molar-refractivity contribution in [1.29, 1.82) is 0 Å². The summed E-state index contributed by atoms with van der Waals surface area (Å²) >= 11 is 0. The molecule has 0 spiro atoms. The molecule has 1 heteroatoms. The van der Waals surface area contributed by atoms with E-state index in [1.807, 2.05) is 0 Å². The molecule has 0 aliphatic heterocycles. The fourth-order valence-corrected chi connectivity index (χ4v) is 2.82. The number of hydrogen-bond acceptors (Lipinski definition) is 1. The first-order chi connectivity index (χ1) is 10.4. The molecule has 0 saturated heterocycles. The minimum absolute atomic E-state index is 1.12. The topological polar surface area (TPSA) is 12.0 Å². The van der Waals surface area contributed by atoms with Gasteiger partial charge in [0.25, 0.3) is 0 Å². The van der Waals surface area contributed by atoms with E-state index in [0.717, 1.165) is 6.42 Å². The van der Waals surface area contributed by atoms with Crippen LogP contribution in [0.2, 0.25) is 0 Å². The molecule has 0 fully saturated rings. The normalized spacial score (nSPS) is 11.1. The molecular formula is C20H42N. The van der Waals surface area contributed by atoms with Gasteiger partial charge in [0, 0.05) is 0 Å². The summed E-state index contributed by atoms with van der Waals surface area (Å²) in [6.45, 7) is 8.64. The third-order valence-electron chi connectivity index (χ3n) is 4.31. The minimum Gasteiger partial charge on any atom is -0.317 e. The van der Waals surface area contributed by atoms with Gasteiger partial charge in [-0.1, -0.05) is 104 Å². The van der Waals surface area contributed by atoms with Crippen LogP contribution in [0.4, 0.5) is 0 Å². The van der Waals surface area contributed by atoms with Crippen molar-refractivity contribution in [1.82, 2.24) is 5.32 Å². The van der Waals surface area contributed by atoms with Gasteiger partial charge in [0.05, 0.1) is 0 Å². The van der Waals surface area contributed by atoms with Gasteiger partial charge in [0.15, 0.2) is 0 Å². The van der Waals surface area contributed by atoms with E-state index in [1.165, 1.54) is 109 Å². The maximum absolute atomic E-state index is 3.89. The molecule has 1 radical (unpaired) electrons. The molecule has 0 aromatic heterocycles. The van der Waals surface area contributed by atoms with Crippen molar-refractivity contribution in [2.75, 3.05) is 13.1 Å². The van der Waals surface area contributed by atoms with Gasteiger partial charge in [-0.3, -0.25) is 0 Å². The average Bonchev–Trinajstić information content (AvgIpc) is 2.50. The highest BCUT2D eigenvalue weighted by Crippen LogP contribution is 2.10. The van der Waals surface area contributed by atoms with Gasteiger partial charge < -0.3 is 5.32 Å². The molecule has 0 aliphatic carbocycles. The van der Waals surface area contributed by atoms with E-state index in [0.29, 0.717) is 0 Å². The van der Waals surface area contributed by atoms with Crippen LogP contribution in [0.15, 0.2) is 0 Å². The summed E-state index contributed by atoms with van der Waals surface area (Å²) in [6, 6.07) is 0. The van der Waals surface area contributed by atoms with Crippen molar-refractivity contribution in [3.63, 3.8) is 0 Å². The van der Waals surface area contributed by atoms with E-state index >= 15 is 0 Å². The summed E-state index contributed by atoms with van der Waals surface area (Å²) in [5.41, 5.74) is 0. The van der Waals surface area contributed by atoms with Crippen molar-refractivity contribution in [3.05, 3.63) is 6.92 Å². The van der Waals surface area contributed by atoms with Gasteiger partial charge >= 0.3 is 0 Å². The monoisotopic (exact) mass is 296 g/mol. The summed E-state index contributed by atoms with van der Waals surface area (Å²) in [4.78, 5) is 0. The Labute approximate surface area is 135 Å². The predicted octanol–water partition coefficient (Wildman–Crippen LogP) is 6.67. The maximum atomic E-state index is 3.89. The van der Waals surface area contributed by atoms with Crippen LogP contribution < -0.4 is 5.32 Å². The smallest absolute Gasteiger partial charge is 0.00489 e. The Morgan fingerprint density at radius 2 is 0.905 bits per heavy atom. The van der Waals surface area contributed by atoms with Crippen molar-refractivity contribution in [3.8, 4) is 0 Å². The molecule has 0 bridgehead atoms. The Morgan fingerprint density at radius 3 is 1.33 bits per heavy atom. The van der Waals surface area contributed by atoms with E-state index in [4.69, 9.17) is 0 Å². The van der Waals surface area contributed by atoms with E-state index in [-0.39, 0.29) is 0 Å². The highest BCUT2D eigenvalue weighted by Gasteiger charge is 1.93. The Hall–Kier alpha value is -0.0400. The van der Waals surface area contributed by atoms with E-state index in [9.17, 15) is 0 Å². The van der Waals surface area contributed by atoms with Gasteiger partial charge in [-0.2, -0.15) is 0 Å². The number of nitrogens with one attached hydrogen (secondary N) is 1. The van der Waals surface area contributed by atoms with E-state index in [2.05, 4.69) is 19.2 Å². The second kappa shape index (κ2) is 20.0. The number of rotatable bonds is 18. The lowest BCUT2D eigenvalue weighted by Gasteiger charge is -2.05. The van der Waals surface area contributed by atoms with Crippen LogP contribution in [0.1, 0.15) is 110 Å². The highest BCUT2D eigenvalue weighted by molar-refractivity contribution is 4.52. The summed E-state index contributed by atoms with van der Waals surface area (Å²) in [5.74, 6) is 0. The zero-order chi connectivity index (χ0) is 15.4. The second-order valence-corrected chi connectivity index (χ2v) is 6.55. The fraction of sp³-hybridized carbons (Fsp3) is 0.950. The lowest BCUT2D eigenvalue weighted by atomic mass is 10.1. The van der Waals surface area contributed by atoms with Crippen LogP contribution in [-0.4, -0.2) is 13.1 Å². The average molecular weight is 297 g/mol. The van der Waals surface area contributed by atoms with Gasteiger partial charge in [-0.05, 0) is 25.9 Å². The third-order valence-corrected chi connectivity index (χ3v) is 4.31. The lowest BCUT2D eigenvalue weighted by Crippen LogP contribution is -2.16. The molecule has 127 valence electrons. The first kappa shape index (κ1) is 21.0. The van der Waals surface area contributed by atoms with Gasteiger partial charge in [-0.25, -0.2) is 0 Å². The molecule has 0 amide bonds. The third kappa shape index (κ3) is 20.0. The second-order valence-electron chi connectivity index (χ2n) is 6.55. The SMILES string of the molecule is [CH2]CCCCCCCCCCCNCCCCCCCC. The molecule has 21 heavy (non-hydrogen) atoms. The molecule has 0 atom stereocenters. The molecule has 0 rings (SSSR count). The van der Waals surface area contributed by atoms with Crippen LogP contribution in [0.25, 0.3) is 0 Å². The highest BCUT2D eigenvalue weighted by atomic mass is 14.8. The van der Waals surface area contributed by atoms with Crippen LogP contribution in [-0.2, 0) is 0 Å². The quantitative estimate of drug-likeness (QED) is 0.278. The summed E-state index contributed by atoms with van der Waals surface area (Å²) in [7, 11) is 0. The predicted molar refractivity (Wildman–Crippen MR) is 97.8 cm³/mol. The van der Waals surface area contributed by atoms with Gasteiger partial charge in [-0.15, -0.1) is 0 Å². The first-order valence-corrected chi connectivity index (χ1v) is 9.91. The Balaban J connectivity index is 2.90. The van der Waals surface area contributed by atoms with Crippen LogP contribution >= 0.6 is 0 Å². The van der Waals surface area contributed by atoms with Crippen molar-refractivity contribution in [2.45, 2.75) is 110 Å². The zero-order valence-corrected chi connectivity index (χ0v) is 14.9. The Bertz CT molecular complexity index is 149. The summed E-state index contributed by atoms with van der Waals surface area (Å²) < 4.78 is 0. The molecule has 0 aromatic carbocycles. The maximum Gasteiger partial charge on any atom is -0.00489 e. The van der Waals surface area contributed by atoms with Crippen LogP contribution in [0, 0.1) is 6.92 Å². The molecule has 1 nitrogen and oxygen atoms in total. The van der Waals surface area contributed by atoms with Crippen LogP contribution in [0.5, 0.6) is 0 Å². The largest absolute Gasteiger partial charge is 0.317 e. The summed E-state index contributed by atoms with van der Waals surface area (Å²) in [6.07, 6.45) is 22.3. The van der Waals surface area contributed by atoms with Gasteiger partial charge in [0.2, 0.25) is 0 Å². The molecule has 0 unspecified atom stereocenters. The Morgan fingerprint density at radius 1 is 0.524 bits per heavy atom. The molecule has 0 heterocycles. The van der Waals surface area contributed by atoms with E-state index in [1.54, 1.807) is 0 Å². The van der Waals surface area contributed by atoms with Crippen molar-refractivity contribution < 1.29 is 0 Å². The molecular weight excluding hydrogens is 254 g/mol. The summed E-state index contributed by atoms with van der Waals surface area (Å²) in [5, 5.41) is 3.60.